The highest BCUT2D eigenvalue weighted by Crippen LogP contribution is 2.27. The summed E-state index contributed by atoms with van der Waals surface area (Å²) in [6.45, 7) is 3.11. The Morgan fingerprint density at radius 1 is 1.50 bits per heavy atom. The Hall–Kier alpha value is -2.61. The maximum absolute atomic E-state index is 12.3. The van der Waals surface area contributed by atoms with Gasteiger partial charge in [-0.3, -0.25) is 10.2 Å². The van der Waals surface area contributed by atoms with Gasteiger partial charge in [-0.15, -0.1) is 5.10 Å². The average molecular weight is 303 g/mol. The Morgan fingerprint density at radius 2 is 2.32 bits per heavy atom. The number of carbonyl (C=O) groups excluding carboxylic acids is 1. The molecule has 0 spiro atoms. The Bertz CT molecular complexity index is 653. The summed E-state index contributed by atoms with van der Waals surface area (Å²) in [5.41, 5.74) is 4.24. The van der Waals surface area contributed by atoms with Gasteiger partial charge in [0.15, 0.2) is 0 Å². The molecule has 1 aliphatic rings. The molecule has 8 nitrogen and oxygen atoms in total. The zero-order chi connectivity index (χ0) is 15.5. The molecule has 1 aliphatic heterocycles. The summed E-state index contributed by atoms with van der Waals surface area (Å²) in [6.07, 6.45) is 2.53. The predicted octanol–water partition coefficient (Wildman–Crippen LogP) is 0.369. The first kappa shape index (κ1) is 14.3. The van der Waals surface area contributed by atoms with E-state index >= 15 is 0 Å². The molecule has 0 atom stereocenters. The van der Waals surface area contributed by atoms with Gasteiger partial charge in [-0.2, -0.15) is 4.79 Å². The first-order chi connectivity index (χ1) is 10.7. The van der Waals surface area contributed by atoms with Crippen LogP contribution in [0.15, 0.2) is 30.9 Å². The number of β-amino-alcohol motifs (C(OH)–C–C–N with tert-alkyl or cyclic N) is 1. The quantitative estimate of drug-likeness (QED) is 0.829. The fourth-order valence-corrected chi connectivity index (χ4v) is 2.22. The predicted molar refractivity (Wildman–Crippen MR) is 78.6 cm³/mol. The fourth-order valence-electron chi connectivity index (χ4n) is 2.22. The van der Waals surface area contributed by atoms with Gasteiger partial charge in [0.05, 0.1) is 18.4 Å². The minimum atomic E-state index is -0.413. The van der Waals surface area contributed by atoms with Crippen LogP contribution in [0, 0.1) is 0 Å². The molecule has 3 rings (SSSR count). The lowest BCUT2D eigenvalue weighted by Crippen LogP contribution is -2.53. The van der Waals surface area contributed by atoms with E-state index in [0.29, 0.717) is 36.7 Å². The van der Waals surface area contributed by atoms with Gasteiger partial charge in [-0.05, 0) is 25.1 Å². The summed E-state index contributed by atoms with van der Waals surface area (Å²) in [5, 5.41) is 13.3. The summed E-state index contributed by atoms with van der Waals surface area (Å²) in [7, 11) is 0. The van der Waals surface area contributed by atoms with E-state index in [4.69, 9.17) is 4.74 Å². The zero-order valence-electron chi connectivity index (χ0n) is 12.1. The standard InChI is InChI=1S/C14H17N5O3/c1-2-22-13-5-10(14(21)18-6-11(20)7-18)3-4-12(13)17-19-9-15-8-16-19/h3-5,8-9,11,17,20H,2,6-7H2,1H3. The minimum Gasteiger partial charge on any atom is -0.492 e. The summed E-state index contributed by atoms with van der Waals surface area (Å²) in [6, 6.07) is 5.17. The lowest BCUT2D eigenvalue weighted by atomic mass is 10.1. The van der Waals surface area contributed by atoms with Gasteiger partial charge in [0.25, 0.3) is 5.91 Å². The van der Waals surface area contributed by atoms with E-state index < -0.39 is 6.10 Å². The molecule has 0 bridgehead atoms. The molecule has 2 aromatic rings. The number of carbonyl (C=O) groups is 1. The van der Waals surface area contributed by atoms with E-state index in [1.165, 1.54) is 17.4 Å². The first-order valence-corrected chi connectivity index (χ1v) is 7.03. The third-order valence-corrected chi connectivity index (χ3v) is 3.33. The van der Waals surface area contributed by atoms with Gasteiger partial charge < -0.3 is 14.7 Å². The minimum absolute atomic E-state index is 0.112. The van der Waals surface area contributed by atoms with Crippen LogP contribution in [0.25, 0.3) is 0 Å². The van der Waals surface area contributed by atoms with Crippen LogP contribution < -0.4 is 10.2 Å². The van der Waals surface area contributed by atoms with Crippen molar-refractivity contribution in [2.75, 3.05) is 25.1 Å². The molecule has 1 saturated heterocycles. The van der Waals surface area contributed by atoms with Crippen LogP contribution in [0.3, 0.4) is 0 Å². The van der Waals surface area contributed by atoms with Crippen molar-refractivity contribution in [3.8, 4) is 5.75 Å². The molecule has 0 radical (unpaired) electrons. The van der Waals surface area contributed by atoms with Crippen molar-refractivity contribution in [1.29, 1.82) is 0 Å². The van der Waals surface area contributed by atoms with Crippen LogP contribution in [-0.2, 0) is 0 Å². The van der Waals surface area contributed by atoms with E-state index in [1.54, 1.807) is 23.1 Å². The molecule has 1 amide bonds. The number of aromatic nitrogens is 3. The molecule has 1 aromatic carbocycles. The molecule has 1 aromatic heterocycles. The molecule has 0 aliphatic carbocycles. The molecule has 22 heavy (non-hydrogen) atoms. The van der Waals surface area contributed by atoms with Crippen molar-refractivity contribution in [3.63, 3.8) is 0 Å². The van der Waals surface area contributed by atoms with Gasteiger partial charge in [-0.25, -0.2) is 4.98 Å². The summed E-state index contributed by atoms with van der Waals surface area (Å²) in [5.74, 6) is 0.448. The highest BCUT2D eigenvalue weighted by molar-refractivity contribution is 5.95. The van der Waals surface area contributed by atoms with Crippen molar-refractivity contribution in [2.45, 2.75) is 13.0 Å². The van der Waals surface area contributed by atoms with Gasteiger partial charge >= 0.3 is 0 Å². The van der Waals surface area contributed by atoms with Crippen molar-refractivity contribution in [3.05, 3.63) is 36.4 Å². The smallest absolute Gasteiger partial charge is 0.254 e. The van der Waals surface area contributed by atoms with Crippen LogP contribution in [-0.4, -0.2) is 56.6 Å². The second-order valence-electron chi connectivity index (χ2n) is 4.96. The number of likely N-dealkylation sites (tertiary alicyclic amines) is 1. The van der Waals surface area contributed by atoms with E-state index in [-0.39, 0.29) is 5.91 Å². The Balaban J connectivity index is 1.81. The van der Waals surface area contributed by atoms with E-state index in [9.17, 15) is 9.90 Å². The highest BCUT2D eigenvalue weighted by atomic mass is 16.5. The Labute approximate surface area is 127 Å². The molecule has 2 heterocycles. The largest absolute Gasteiger partial charge is 0.492 e. The maximum Gasteiger partial charge on any atom is 0.254 e. The molecule has 1 fully saturated rings. The van der Waals surface area contributed by atoms with Crippen LogP contribution in [0.2, 0.25) is 0 Å². The Morgan fingerprint density at radius 3 is 2.95 bits per heavy atom. The van der Waals surface area contributed by atoms with E-state index in [0.717, 1.165) is 0 Å². The molecule has 2 N–H and O–H groups in total. The topological polar surface area (TPSA) is 92.5 Å². The number of rotatable bonds is 5. The van der Waals surface area contributed by atoms with Crippen LogP contribution in [0.5, 0.6) is 5.75 Å². The third kappa shape index (κ3) is 2.86. The second-order valence-corrected chi connectivity index (χ2v) is 4.96. The van der Waals surface area contributed by atoms with Gasteiger partial charge in [0, 0.05) is 18.7 Å². The van der Waals surface area contributed by atoms with Crippen molar-refractivity contribution in [2.24, 2.45) is 0 Å². The van der Waals surface area contributed by atoms with Crippen LogP contribution >= 0.6 is 0 Å². The Kier molecular flexibility index (Phi) is 3.92. The van der Waals surface area contributed by atoms with Crippen LogP contribution in [0.4, 0.5) is 5.69 Å². The molecule has 116 valence electrons. The van der Waals surface area contributed by atoms with Crippen molar-refractivity contribution in [1.82, 2.24) is 19.8 Å². The maximum atomic E-state index is 12.3. The number of hydrogen-bond donors (Lipinski definition) is 2. The van der Waals surface area contributed by atoms with Crippen LogP contribution in [0.1, 0.15) is 17.3 Å². The number of aliphatic hydroxyl groups excluding tert-OH is 1. The highest BCUT2D eigenvalue weighted by Gasteiger charge is 2.29. The number of hydrogen-bond acceptors (Lipinski definition) is 6. The summed E-state index contributed by atoms with van der Waals surface area (Å²) < 4.78 is 5.58. The molecule has 0 unspecified atom stereocenters. The summed E-state index contributed by atoms with van der Waals surface area (Å²) >= 11 is 0. The van der Waals surface area contributed by atoms with Gasteiger partial charge in [0.1, 0.15) is 18.4 Å². The number of nitrogens with zero attached hydrogens (tertiary/aromatic N) is 4. The zero-order valence-corrected chi connectivity index (χ0v) is 12.1. The first-order valence-electron chi connectivity index (χ1n) is 7.03. The number of amides is 1. The van der Waals surface area contributed by atoms with E-state index in [2.05, 4.69) is 15.5 Å². The molecule has 0 saturated carbocycles. The number of anilines is 1. The average Bonchev–Trinajstić information content (AvgIpc) is 2.98. The van der Waals surface area contributed by atoms with E-state index in [1.807, 2.05) is 6.92 Å². The molecular formula is C14H17N5O3. The number of aliphatic hydroxyl groups is 1. The third-order valence-electron chi connectivity index (χ3n) is 3.33. The fraction of sp³-hybridized carbons (Fsp3) is 0.357. The van der Waals surface area contributed by atoms with Crippen molar-refractivity contribution < 1.29 is 14.6 Å². The molecule has 8 heteroatoms. The number of benzene rings is 1. The normalized spacial score (nSPS) is 14.5. The lowest BCUT2D eigenvalue weighted by Gasteiger charge is -2.35. The molecular weight excluding hydrogens is 286 g/mol. The summed E-state index contributed by atoms with van der Waals surface area (Å²) in [4.78, 5) is 19.2. The lowest BCUT2D eigenvalue weighted by molar-refractivity contribution is 0.00588. The van der Waals surface area contributed by atoms with Gasteiger partial charge in [-0.1, -0.05) is 0 Å². The SMILES string of the molecule is CCOc1cc(C(=O)N2CC(O)C2)ccc1Nn1cncn1. The number of ether oxygens (including phenoxy) is 1. The van der Waals surface area contributed by atoms with Crippen molar-refractivity contribution >= 4 is 11.6 Å². The number of nitrogens with one attached hydrogen (secondary N) is 1. The van der Waals surface area contributed by atoms with Gasteiger partial charge in [0.2, 0.25) is 0 Å². The monoisotopic (exact) mass is 303 g/mol. The second kappa shape index (κ2) is 6.02.